The van der Waals surface area contributed by atoms with Crippen LogP contribution in [-0.4, -0.2) is 17.7 Å². The zero-order valence-corrected chi connectivity index (χ0v) is 14.8. The molecule has 0 radical (unpaired) electrons. The first-order chi connectivity index (χ1) is 10.2. The maximum absolute atomic E-state index is 11.9. The highest BCUT2D eigenvalue weighted by atomic mass is 35.5. The summed E-state index contributed by atoms with van der Waals surface area (Å²) < 4.78 is 0. The Morgan fingerprint density at radius 1 is 1.36 bits per heavy atom. The van der Waals surface area contributed by atoms with Gasteiger partial charge >= 0.3 is 0 Å². The van der Waals surface area contributed by atoms with Gasteiger partial charge in [-0.2, -0.15) is 11.8 Å². The largest absolute Gasteiger partial charge is 0.330 e. The number of carbonyl (C=O) groups is 1. The van der Waals surface area contributed by atoms with E-state index in [-0.39, 0.29) is 24.2 Å². The van der Waals surface area contributed by atoms with Gasteiger partial charge in [0, 0.05) is 29.2 Å². The van der Waals surface area contributed by atoms with Gasteiger partial charge in [0.15, 0.2) is 0 Å². The van der Waals surface area contributed by atoms with Crippen molar-refractivity contribution in [3.63, 3.8) is 0 Å². The van der Waals surface area contributed by atoms with E-state index in [1.165, 1.54) is 37.7 Å². The van der Waals surface area contributed by atoms with E-state index in [0.29, 0.717) is 6.54 Å². The summed E-state index contributed by atoms with van der Waals surface area (Å²) >= 11 is 2.06. The maximum atomic E-state index is 11.9. The number of benzene rings is 1. The van der Waals surface area contributed by atoms with Crippen LogP contribution in [0.2, 0.25) is 0 Å². The lowest BCUT2D eigenvalue weighted by Gasteiger charge is -2.21. The SMILES string of the molecule is CC(CN)C(=O)Nc1cccc(CSC2CCCCC2)c1.Cl. The first kappa shape index (κ1) is 19.3. The fraction of sp³-hybridized carbons (Fsp3) is 0.588. The van der Waals surface area contributed by atoms with Crippen LogP contribution in [0.1, 0.15) is 44.6 Å². The van der Waals surface area contributed by atoms with Crippen LogP contribution < -0.4 is 11.1 Å². The van der Waals surface area contributed by atoms with Crippen molar-refractivity contribution in [3.05, 3.63) is 29.8 Å². The van der Waals surface area contributed by atoms with Gasteiger partial charge in [0.25, 0.3) is 0 Å². The minimum Gasteiger partial charge on any atom is -0.330 e. The number of hydrogen-bond acceptors (Lipinski definition) is 3. The van der Waals surface area contributed by atoms with Gasteiger partial charge in [-0.1, -0.05) is 38.3 Å². The van der Waals surface area contributed by atoms with E-state index in [9.17, 15) is 4.79 Å². The van der Waals surface area contributed by atoms with Crippen LogP contribution >= 0.6 is 24.2 Å². The molecule has 0 spiro atoms. The maximum Gasteiger partial charge on any atom is 0.228 e. The van der Waals surface area contributed by atoms with Crippen LogP contribution in [0.3, 0.4) is 0 Å². The molecular weight excluding hydrogens is 316 g/mol. The average Bonchev–Trinajstić information content (AvgIpc) is 2.53. The van der Waals surface area contributed by atoms with E-state index in [4.69, 9.17) is 5.73 Å². The standard InChI is InChI=1S/C17H26N2OS.ClH/c1-13(11-18)17(20)19-15-7-5-6-14(10-15)12-21-16-8-3-2-4-9-16;/h5-7,10,13,16H,2-4,8-9,11-12,18H2,1H3,(H,19,20);1H. The molecular formula is C17H27ClN2OS. The Morgan fingerprint density at radius 2 is 2.09 bits per heavy atom. The predicted octanol–water partition coefficient (Wildman–Crippen LogP) is 4.21. The highest BCUT2D eigenvalue weighted by molar-refractivity contribution is 7.99. The van der Waals surface area contributed by atoms with Gasteiger partial charge in [0.05, 0.1) is 0 Å². The Balaban J connectivity index is 0.00000242. The van der Waals surface area contributed by atoms with E-state index in [2.05, 4.69) is 29.2 Å². The first-order valence-corrected chi connectivity index (χ1v) is 8.95. The molecule has 1 aliphatic rings. The lowest BCUT2D eigenvalue weighted by atomic mass is 10.0. The second-order valence-corrected chi connectivity index (χ2v) is 7.19. The summed E-state index contributed by atoms with van der Waals surface area (Å²) in [6, 6.07) is 8.17. The fourth-order valence-electron chi connectivity index (χ4n) is 2.56. The minimum atomic E-state index is -0.148. The molecule has 0 aromatic heterocycles. The second-order valence-electron chi connectivity index (χ2n) is 5.90. The smallest absolute Gasteiger partial charge is 0.228 e. The van der Waals surface area contributed by atoms with Crippen molar-refractivity contribution in [1.82, 2.24) is 0 Å². The van der Waals surface area contributed by atoms with Crippen molar-refractivity contribution >= 4 is 35.8 Å². The fourth-order valence-corrected chi connectivity index (χ4v) is 3.83. The molecule has 0 saturated heterocycles. The number of amides is 1. The third-order valence-corrected chi connectivity index (χ3v) is 5.48. The average molecular weight is 343 g/mol. The zero-order chi connectivity index (χ0) is 15.1. The Labute approximate surface area is 144 Å². The molecule has 3 N–H and O–H groups in total. The van der Waals surface area contributed by atoms with Crippen LogP contribution in [0.4, 0.5) is 5.69 Å². The molecule has 1 aromatic carbocycles. The van der Waals surface area contributed by atoms with E-state index in [0.717, 1.165) is 16.7 Å². The van der Waals surface area contributed by atoms with E-state index in [1.807, 2.05) is 19.1 Å². The molecule has 0 bridgehead atoms. The van der Waals surface area contributed by atoms with Crippen LogP contribution in [0.15, 0.2) is 24.3 Å². The third-order valence-electron chi connectivity index (χ3n) is 4.03. The molecule has 1 atom stereocenters. The Morgan fingerprint density at radius 3 is 2.77 bits per heavy atom. The molecule has 0 heterocycles. The molecule has 1 saturated carbocycles. The summed E-state index contributed by atoms with van der Waals surface area (Å²) in [6.07, 6.45) is 6.87. The molecule has 1 aromatic rings. The number of hydrogen-bond donors (Lipinski definition) is 2. The molecule has 1 fully saturated rings. The number of nitrogens with one attached hydrogen (secondary N) is 1. The number of anilines is 1. The number of halogens is 1. The summed E-state index contributed by atoms with van der Waals surface area (Å²) in [5, 5.41) is 3.76. The van der Waals surface area contributed by atoms with Crippen molar-refractivity contribution in [2.45, 2.75) is 50.0 Å². The van der Waals surface area contributed by atoms with Gasteiger partial charge in [-0.15, -0.1) is 12.4 Å². The van der Waals surface area contributed by atoms with E-state index >= 15 is 0 Å². The molecule has 3 nitrogen and oxygen atoms in total. The number of carbonyl (C=O) groups excluding carboxylic acids is 1. The van der Waals surface area contributed by atoms with E-state index < -0.39 is 0 Å². The number of rotatable bonds is 6. The quantitative estimate of drug-likeness (QED) is 0.814. The minimum absolute atomic E-state index is 0. The summed E-state index contributed by atoms with van der Waals surface area (Å²) in [4.78, 5) is 11.9. The van der Waals surface area contributed by atoms with Gasteiger partial charge in [-0.3, -0.25) is 4.79 Å². The van der Waals surface area contributed by atoms with Gasteiger partial charge in [-0.05, 0) is 30.5 Å². The molecule has 0 aliphatic heterocycles. The van der Waals surface area contributed by atoms with Crippen LogP contribution in [-0.2, 0) is 10.5 Å². The van der Waals surface area contributed by atoms with Crippen molar-refractivity contribution in [3.8, 4) is 0 Å². The van der Waals surface area contributed by atoms with E-state index in [1.54, 1.807) is 0 Å². The number of nitrogens with two attached hydrogens (primary N) is 1. The predicted molar refractivity (Wildman–Crippen MR) is 98.7 cm³/mol. The Bertz CT molecular complexity index is 464. The van der Waals surface area contributed by atoms with Crippen molar-refractivity contribution in [1.29, 1.82) is 0 Å². The lowest BCUT2D eigenvalue weighted by Crippen LogP contribution is -2.26. The van der Waals surface area contributed by atoms with Crippen LogP contribution in [0.5, 0.6) is 0 Å². The van der Waals surface area contributed by atoms with Gasteiger partial charge in [0.2, 0.25) is 5.91 Å². The first-order valence-electron chi connectivity index (χ1n) is 7.90. The lowest BCUT2D eigenvalue weighted by molar-refractivity contribution is -0.119. The van der Waals surface area contributed by atoms with Gasteiger partial charge < -0.3 is 11.1 Å². The highest BCUT2D eigenvalue weighted by Gasteiger charge is 2.14. The normalized spacial score (nSPS) is 16.6. The van der Waals surface area contributed by atoms with Crippen LogP contribution in [0.25, 0.3) is 0 Å². The number of thioether (sulfide) groups is 1. The van der Waals surface area contributed by atoms with Gasteiger partial charge in [-0.25, -0.2) is 0 Å². The van der Waals surface area contributed by atoms with Crippen molar-refractivity contribution in [2.24, 2.45) is 11.7 Å². The molecule has 22 heavy (non-hydrogen) atoms. The second kappa shape index (κ2) is 10.1. The molecule has 1 unspecified atom stereocenters. The molecule has 124 valence electrons. The molecule has 1 aliphatic carbocycles. The zero-order valence-electron chi connectivity index (χ0n) is 13.2. The summed E-state index contributed by atoms with van der Waals surface area (Å²) in [5.74, 6) is 0.876. The highest BCUT2D eigenvalue weighted by Crippen LogP contribution is 2.30. The van der Waals surface area contributed by atoms with Gasteiger partial charge in [0.1, 0.15) is 0 Å². The molecule has 2 rings (SSSR count). The molecule has 5 heteroatoms. The summed E-state index contributed by atoms with van der Waals surface area (Å²) in [7, 11) is 0. The summed E-state index contributed by atoms with van der Waals surface area (Å²) in [6.45, 7) is 2.22. The van der Waals surface area contributed by atoms with Crippen LogP contribution in [0, 0.1) is 5.92 Å². The van der Waals surface area contributed by atoms with Crippen molar-refractivity contribution < 1.29 is 4.79 Å². The topological polar surface area (TPSA) is 55.1 Å². The Kier molecular flexibility index (Phi) is 8.91. The summed E-state index contributed by atoms with van der Waals surface area (Å²) in [5.41, 5.74) is 7.68. The molecule has 1 amide bonds. The monoisotopic (exact) mass is 342 g/mol. The Hall–Kier alpha value is -0.710. The van der Waals surface area contributed by atoms with Crippen molar-refractivity contribution in [2.75, 3.05) is 11.9 Å². The third kappa shape index (κ3) is 6.19.